The van der Waals surface area contributed by atoms with E-state index in [1.807, 2.05) is 0 Å². The number of rotatable bonds is 7. The molecule has 0 spiro atoms. The van der Waals surface area contributed by atoms with Gasteiger partial charge in [0.15, 0.2) is 0 Å². The molecule has 0 bridgehead atoms. The van der Waals surface area contributed by atoms with Crippen LogP contribution >= 0.6 is 0 Å². The molecule has 1 unspecified atom stereocenters. The molecular formula is C13H29N3. The van der Waals surface area contributed by atoms with Gasteiger partial charge < -0.3 is 15.5 Å². The maximum absolute atomic E-state index is 5.57. The van der Waals surface area contributed by atoms with E-state index in [4.69, 9.17) is 5.73 Å². The Morgan fingerprint density at radius 3 is 2.69 bits per heavy atom. The van der Waals surface area contributed by atoms with Crippen LogP contribution in [0.2, 0.25) is 0 Å². The van der Waals surface area contributed by atoms with E-state index in [1.165, 1.54) is 52.1 Å². The lowest BCUT2D eigenvalue weighted by molar-refractivity contribution is 0.137. The molecule has 1 saturated heterocycles. The van der Waals surface area contributed by atoms with Gasteiger partial charge in [0.05, 0.1) is 0 Å². The predicted molar refractivity (Wildman–Crippen MR) is 70.6 cm³/mol. The fourth-order valence-corrected chi connectivity index (χ4v) is 2.67. The number of hydrogen-bond acceptors (Lipinski definition) is 3. The summed E-state index contributed by atoms with van der Waals surface area (Å²) in [4.78, 5) is 5.15. The summed E-state index contributed by atoms with van der Waals surface area (Å²) in [6.07, 6.45) is 3.93. The van der Waals surface area contributed by atoms with Crippen LogP contribution in [0.25, 0.3) is 0 Å². The molecule has 1 aliphatic heterocycles. The van der Waals surface area contributed by atoms with Crippen molar-refractivity contribution < 1.29 is 0 Å². The number of hydrogen-bond donors (Lipinski definition) is 1. The third kappa shape index (κ3) is 4.81. The van der Waals surface area contributed by atoms with E-state index in [1.54, 1.807) is 0 Å². The highest BCUT2D eigenvalue weighted by atomic mass is 15.2. The third-order valence-corrected chi connectivity index (χ3v) is 3.69. The second-order valence-corrected chi connectivity index (χ2v) is 4.94. The van der Waals surface area contributed by atoms with Crippen molar-refractivity contribution in [2.24, 2.45) is 11.7 Å². The van der Waals surface area contributed by atoms with Crippen molar-refractivity contribution in [1.82, 2.24) is 9.80 Å². The average molecular weight is 227 g/mol. The Bertz CT molecular complexity index is 169. The lowest BCUT2D eigenvalue weighted by Gasteiger charge is -2.35. The summed E-state index contributed by atoms with van der Waals surface area (Å²) in [5, 5.41) is 0. The SMILES string of the molecule is CCN(CC)CC1CCCN(CCCN)C1. The molecule has 2 N–H and O–H groups in total. The van der Waals surface area contributed by atoms with Crippen molar-refractivity contribution in [3.8, 4) is 0 Å². The van der Waals surface area contributed by atoms with E-state index in [-0.39, 0.29) is 0 Å². The Morgan fingerprint density at radius 1 is 1.31 bits per heavy atom. The molecule has 0 aromatic rings. The standard InChI is InChI=1S/C13H29N3/c1-3-15(4-2)11-13-7-5-9-16(12-13)10-6-8-14/h13H,3-12,14H2,1-2H3. The summed E-state index contributed by atoms with van der Waals surface area (Å²) in [5.41, 5.74) is 5.57. The first-order chi connectivity index (χ1) is 7.80. The zero-order valence-corrected chi connectivity index (χ0v) is 11.1. The van der Waals surface area contributed by atoms with Gasteiger partial charge in [0.25, 0.3) is 0 Å². The third-order valence-electron chi connectivity index (χ3n) is 3.69. The predicted octanol–water partition coefficient (Wildman–Crippen LogP) is 1.39. The van der Waals surface area contributed by atoms with Gasteiger partial charge in [0.1, 0.15) is 0 Å². The molecule has 1 atom stereocenters. The van der Waals surface area contributed by atoms with Crippen LogP contribution in [-0.4, -0.2) is 55.6 Å². The van der Waals surface area contributed by atoms with Gasteiger partial charge in [0, 0.05) is 13.1 Å². The molecule has 0 aliphatic carbocycles. The van der Waals surface area contributed by atoms with Crippen LogP contribution in [-0.2, 0) is 0 Å². The van der Waals surface area contributed by atoms with Gasteiger partial charge in [-0.3, -0.25) is 0 Å². The maximum atomic E-state index is 5.57. The Hall–Kier alpha value is -0.120. The largest absolute Gasteiger partial charge is 0.330 e. The lowest BCUT2D eigenvalue weighted by atomic mass is 9.97. The number of nitrogens with two attached hydrogens (primary N) is 1. The van der Waals surface area contributed by atoms with E-state index >= 15 is 0 Å². The number of likely N-dealkylation sites (tertiary alicyclic amines) is 1. The van der Waals surface area contributed by atoms with Crippen molar-refractivity contribution in [3.05, 3.63) is 0 Å². The molecule has 3 heteroatoms. The normalized spacial score (nSPS) is 22.9. The van der Waals surface area contributed by atoms with E-state index in [0.717, 1.165) is 18.9 Å². The molecular weight excluding hydrogens is 198 g/mol. The van der Waals surface area contributed by atoms with Gasteiger partial charge in [-0.05, 0) is 57.9 Å². The van der Waals surface area contributed by atoms with E-state index in [0.29, 0.717) is 0 Å². The zero-order valence-electron chi connectivity index (χ0n) is 11.1. The molecule has 1 fully saturated rings. The maximum Gasteiger partial charge on any atom is 0.00219 e. The highest BCUT2D eigenvalue weighted by Gasteiger charge is 2.20. The van der Waals surface area contributed by atoms with Crippen molar-refractivity contribution in [1.29, 1.82) is 0 Å². The second-order valence-electron chi connectivity index (χ2n) is 4.94. The Kier molecular flexibility index (Phi) is 7.01. The van der Waals surface area contributed by atoms with Crippen molar-refractivity contribution >= 4 is 0 Å². The summed E-state index contributed by atoms with van der Waals surface area (Å²) in [5.74, 6) is 0.881. The summed E-state index contributed by atoms with van der Waals surface area (Å²) in [6.45, 7) is 12.8. The monoisotopic (exact) mass is 227 g/mol. The molecule has 0 aromatic heterocycles. The highest BCUT2D eigenvalue weighted by molar-refractivity contribution is 4.75. The van der Waals surface area contributed by atoms with Crippen LogP contribution in [0.15, 0.2) is 0 Å². The van der Waals surface area contributed by atoms with E-state index in [2.05, 4.69) is 23.6 Å². The Morgan fingerprint density at radius 2 is 2.06 bits per heavy atom. The first kappa shape index (κ1) is 13.9. The van der Waals surface area contributed by atoms with Crippen LogP contribution in [0.3, 0.4) is 0 Å². The highest BCUT2D eigenvalue weighted by Crippen LogP contribution is 2.17. The van der Waals surface area contributed by atoms with Gasteiger partial charge in [-0.25, -0.2) is 0 Å². The van der Waals surface area contributed by atoms with E-state index in [9.17, 15) is 0 Å². The smallest absolute Gasteiger partial charge is 0.00219 e. The molecule has 0 saturated carbocycles. The molecule has 1 aliphatic rings. The Balaban J connectivity index is 2.26. The fourth-order valence-electron chi connectivity index (χ4n) is 2.67. The minimum atomic E-state index is 0.831. The van der Waals surface area contributed by atoms with Crippen LogP contribution < -0.4 is 5.73 Å². The van der Waals surface area contributed by atoms with Gasteiger partial charge >= 0.3 is 0 Å². The molecule has 1 heterocycles. The van der Waals surface area contributed by atoms with Gasteiger partial charge in [-0.15, -0.1) is 0 Å². The molecule has 1 rings (SSSR count). The minimum absolute atomic E-state index is 0.831. The molecule has 0 amide bonds. The van der Waals surface area contributed by atoms with Crippen molar-refractivity contribution in [2.45, 2.75) is 33.1 Å². The lowest BCUT2D eigenvalue weighted by Crippen LogP contribution is -2.41. The van der Waals surface area contributed by atoms with Gasteiger partial charge in [-0.2, -0.15) is 0 Å². The summed E-state index contributed by atoms with van der Waals surface area (Å²) in [6, 6.07) is 0. The molecule has 3 nitrogen and oxygen atoms in total. The molecule has 16 heavy (non-hydrogen) atoms. The van der Waals surface area contributed by atoms with Gasteiger partial charge in [0.2, 0.25) is 0 Å². The second kappa shape index (κ2) is 8.04. The van der Waals surface area contributed by atoms with Crippen LogP contribution in [0.4, 0.5) is 0 Å². The summed E-state index contributed by atoms with van der Waals surface area (Å²) >= 11 is 0. The Labute approximate surface area is 101 Å². The number of nitrogens with zero attached hydrogens (tertiary/aromatic N) is 2. The van der Waals surface area contributed by atoms with Crippen molar-refractivity contribution in [2.75, 3.05) is 45.8 Å². The fraction of sp³-hybridized carbons (Fsp3) is 1.00. The first-order valence-electron chi connectivity index (χ1n) is 6.94. The zero-order chi connectivity index (χ0) is 11.8. The topological polar surface area (TPSA) is 32.5 Å². The van der Waals surface area contributed by atoms with E-state index < -0.39 is 0 Å². The molecule has 0 aromatic carbocycles. The van der Waals surface area contributed by atoms with Crippen LogP contribution in [0.1, 0.15) is 33.1 Å². The molecule has 96 valence electrons. The van der Waals surface area contributed by atoms with Crippen LogP contribution in [0.5, 0.6) is 0 Å². The quantitative estimate of drug-likeness (QED) is 0.713. The minimum Gasteiger partial charge on any atom is -0.330 e. The van der Waals surface area contributed by atoms with Crippen molar-refractivity contribution in [3.63, 3.8) is 0 Å². The average Bonchev–Trinajstić information content (AvgIpc) is 2.34. The van der Waals surface area contributed by atoms with Crippen LogP contribution in [0, 0.1) is 5.92 Å². The van der Waals surface area contributed by atoms with Gasteiger partial charge in [-0.1, -0.05) is 13.8 Å². The summed E-state index contributed by atoms with van der Waals surface area (Å²) in [7, 11) is 0. The number of piperidine rings is 1. The molecule has 0 radical (unpaired) electrons. The summed E-state index contributed by atoms with van der Waals surface area (Å²) < 4.78 is 0. The first-order valence-corrected chi connectivity index (χ1v) is 6.94.